The standard InChI is InChI=1S/C22H25N3O4S/c1-16-10-11-17(30(28,29)24-12-4-5-13-24)15-18(16)22(27)23-19-7-2-3-8-20(19)25-14-6-9-21(25)26/h2-3,7-8,10-11,15H,4-6,9,12-14H2,1H3,(H,23,27). The molecule has 2 heterocycles. The number of nitrogens with zero attached hydrogens (tertiary/aromatic N) is 2. The molecule has 0 atom stereocenters. The normalized spacial score (nSPS) is 17.5. The number of anilines is 2. The zero-order valence-corrected chi connectivity index (χ0v) is 17.7. The summed E-state index contributed by atoms with van der Waals surface area (Å²) in [5, 5.41) is 2.87. The van der Waals surface area contributed by atoms with E-state index < -0.39 is 15.9 Å². The Kier molecular flexibility index (Phi) is 5.62. The molecule has 0 aromatic heterocycles. The number of hydrogen-bond acceptors (Lipinski definition) is 4. The van der Waals surface area contributed by atoms with Gasteiger partial charge in [-0.3, -0.25) is 9.59 Å². The number of amides is 2. The van der Waals surface area contributed by atoms with Gasteiger partial charge in [-0.2, -0.15) is 4.31 Å². The number of nitrogens with one attached hydrogen (secondary N) is 1. The molecule has 30 heavy (non-hydrogen) atoms. The fourth-order valence-corrected chi connectivity index (χ4v) is 5.53. The highest BCUT2D eigenvalue weighted by molar-refractivity contribution is 7.89. The van der Waals surface area contributed by atoms with Crippen LogP contribution in [0, 0.1) is 6.92 Å². The second-order valence-corrected chi connectivity index (χ2v) is 9.65. The first-order valence-electron chi connectivity index (χ1n) is 10.2. The smallest absolute Gasteiger partial charge is 0.256 e. The fraction of sp³-hybridized carbons (Fsp3) is 0.364. The van der Waals surface area contributed by atoms with Gasteiger partial charge in [0.15, 0.2) is 0 Å². The quantitative estimate of drug-likeness (QED) is 0.794. The monoisotopic (exact) mass is 427 g/mol. The van der Waals surface area contributed by atoms with Crippen LogP contribution in [0.15, 0.2) is 47.4 Å². The van der Waals surface area contributed by atoms with Crippen LogP contribution < -0.4 is 10.2 Å². The molecule has 7 nitrogen and oxygen atoms in total. The molecule has 1 N–H and O–H groups in total. The van der Waals surface area contributed by atoms with Gasteiger partial charge in [-0.15, -0.1) is 0 Å². The molecule has 0 bridgehead atoms. The van der Waals surface area contributed by atoms with Crippen molar-refractivity contribution in [3.05, 3.63) is 53.6 Å². The first kappa shape index (κ1) is 20.6. The second-order valence-electron chi connectivity index (χ2n) is 7.71. The van der Waals surface area contributed by atoms with E-state index in [1.807, 2.05) is 6.07 Å². The van der Waals surface area contributed by atoms with Gasteiger partial charge >= 0.3 is 0 Å². The van der Waals surface area contributed by atoms with Crippen LogP contribution in [-0.2, 0) is 14.8 Å². The number of aryl methyl sites for hydroxylation is 1. The maximum absolute atomic E-state index is 13.1. The highest BCUT2D eigenvalue weighted by atomic mass is 32.2. The third kappa shape index (κ3) is 3.85. The molecular formula is C22H25N3O4S. The lowest BCUT2D eigenvalue weighted by Crippen LogP contribution is -2.28. The van der Waals surface area contributed by atoms with Crippen molar-refractivity contribution in [1.29, 1.82) is 0 Å². The molecule has 4 rings (SSSR count). The molecule has 2 amide bonds. The summed E-state index contributed by atoms with van der Waals surface area (Å²) in [5.74, 6) is -0.364. The second kappa shape index (κ2) is 8.20. The summed E-state index contributed by atoms with van der Waals surface area (Å²) >= 11 is 0. The van der Waals surface area contributed by atoms with Gasteiger partial charge in [-0.25, -0.2) is 8.42 Å². The lowest BCUT2D eigenvalue weighted by Gasteiger charge is -2.20. The van der Waals surface area contributed by atoms with Crippen LogP contribution in [0.2, 0.25) is 0 Å². The molecule has 8 heteroatoms. The third-order valence-electron chi connectivity index (χ3n) is 5.67. The number of rotatable bonds is 5. The van der Waals surface area contributed by atoms with Gasteiger partial charge in [0, 0.05) is 31.6 Å². The van der Waals surface area contributed by atoms with E-state index in [9.17, 15) is 18.0 Å². The number of para-hydroxylation sites is 2. The van der Waals surface area contributed by atoms with Crippen molar-refractivity contribution < 1.29 is 18.0 Å². The van der Waals surface area contributed by atoms with Gasteiger partial charge < -0.3 is 10.2 Å². The summed E-state index contributed by atoms with van der Waals surface area (Å²) in [6, 6.07) is 11.8. The maximum Gasteiger partial charge on any atom is 0.256 e. The molecule has 0 spiro atoms. The SMILES string of the molecule is Cc1ccc(S(=O)(=O)N2CCCC2)cc1C(=O)Nc1ccccc1N1CCCC1=O. The highest BCUT2D eigenvalue weighted by Crippen LogP contribution is 2.30. The molecule has 2 aliphatic rings. The van der Waals surface area contributed by atoms with Gasteiger partial charge in [-0.05, 0) is 56.0 Å². The van der Waals surface area contributed by atoms with Crippen molar-refractivity contribution in [2.45, 2.75) is 37.5 Å². The molecule has 2 saturated heterocycles. The lowest BCUT2D eigenvalue weighted by atomic mass is 10.1. The first-order chi connectivity index (χ1) is 14.4. The predicted molar refractivity (Wildman–Crippen MR) is 115 cm³/mol. The Balaban J connectivity index is 1.63. The van der Waals surface area contributed by atoms with Crippen LogP contribution in [0.25, 0.3) is 0 Å². The van der Waals surface area contributed by atoms with Crippen molar-refractivity contribution in [2.75, 3.05) is 29.9 Å². The van der Waals surface area contributed by atoms with Gasteiger partial charge in [0.1, 0.15) is 0 Å². The van der Waals surface area contributed by atoms with Gasteiger partial charge in [0.2, 0.25) is 15.9 Å². The van der Waals surface area contributed by atoms with E-state index in [1.54, 1.807) is 42.2 Å². The Morgan fingerprint density at radius 2 is 1.73 bits per heavy atom. The van der Waals surface area contributed by atoms with Crippen LogP contribution in [0.4, 0.5) is 11.4 Å². The van der Waals surface area contributed by atoms with Crippen LogP contribution in [-0.4, -0.2) is 44.2 Å². The number of sulfonamides is 1. The van der Waals surface area contributed by atoms with Crippen molar-refractivity contribution in [1.82, 2.24) is 4.31 Å². The number of carbonyl (C=O) groups is 2. The number of hydrogen-bond donors (Lipinski definition) is 1. The van der Waals surface area contributed by atoms with E-state index in [-0.39, 0.29) is 10.8 Å². The average molecular weight is 428 g/mol. The Hall–Kier alpha value is -2.71. The van der Waals surface area contributed by atoms with Crippen molar-refractivity contribution in [3.8, 4) is 0 Å². The molecule has 0 aliphatic carbocycles. The summed E-state index contributed by atoms with van der Waals surface area (Å²) in [4.78, 5) is 27.0. The Labute approximate surface area is 176 Å². The molecule has 0 saturated carbocycles. The molecule has 2 aromatic carbocycles. The van der Waals surface area contributed by atoms with Crippen LogP contribution in [0.5, 0.6) is 0 Å². The molecule has 2 fully saturated rings. The summed E-state index contributed by atoms with van der Waals surface area (Å²) in [6.07, 6.45) is 2.99. The fourth-order valence-electron chi connectivity index (χ4n) is 3.99. The molecule has 158 valence electrons. The van der Waals surface area contributed by atoms with E-state index in [1.165, 1.54) is 10.4 Å². The Morgan fingerprint density at radius 3 is 2.43 bits per heavy atom. The Morgan fingerprint density at radius 1 is 1.00 bits per heavy atom. The van der Waals surface area contributed by atoms with Crippen LogP contribution in [0.3, 0.4) is 0 Å². The Bertz CT molecular complexity index is 1090. The van der Waals surface area contributed by atoms with E-state index in [0.29, 0.717) is 48.6 Å². The molecular weight excluding hydrogens is 402 g/mol. The van der Waals surface area contributed by atoms with Gasteiger partial charge in [-0.1, -0.05) is 18.2 Å². The number of benzene rings is 2. The van der Waals surface area contributed by atoms with Crippen molar-refractivity contribution in [2.24, 2.45) is 0 Å². The summed E-state index contributed by atoms with van der Waals surface area (Å²) < 4.78 is 27.3. The summed E-state index contributed by atoms with van der Waals surface area (Å²) in [5.41, 5.74) is 2.18. The third-order valence-corrected chi connectivity index (χ3v) is 7.57. The average Bonchev–Trinajstić information content (AvgIpc) is 3.41. The highest BCUT2D eigenvalue weighted by Gasteiger charge is 2.29. The van der Waals surface area contributed by atoms with Crippen molar-refractivity contribution in [3.63, 3.8) is 0 Å². The zero-order valence-electron chi connectivity index (χ0n) is 16.9. The minimum Gasteiger partial charge on any atom is -0.320 e. The number of carbonyl (C=O) groups excluding carboxylic acids is 2. The largest absolute Gasteiger partial charge is 0.320 e. The molecule has 2 aromatic rings. The zero-order chi connectivity index (χ0) is 21.3. The predicted octanol–water partition coefficient (Wildman–Crippen LogP) is 3.16. The summed E-state index contributed by atoms with van der Waals surface area (Å²) in [6.45, 7) is 3.41. The summed E-state index contributed by atoms with van der Waals surface area (Å²) in [7, 11) is -3.61. The minimum atomic E-state index is -3.61. The maximum atomic E-state index is 13.1. The molecule has 0 radical (unpaired) electrons. The first-order valence-corrected chi connectivity index (χ1v) is 11.6. The lowest BCUT2D eigenvalue weighted by molar-refractivity contribution is -0.117. The topological polar surface area (TPSA) is 86.8 Å². The van der Waals surface area contributed by atoms with Crippen LogP contribution in [0.1, 0.15) is 41.6 Å². The van der Waals surface area contributed by atoms with Gasteiger partial charge in [0.05, 0.1) is 16.3 Å². The van der Waals surface area contributed by atoms with Crippen molar-refractivity contribution >= 4 is 33.2 Å². The van der Waals surface area contributed by atoms with E-state index >= 15 is 0 Å². The van der Waals surface area contributed by atoms with Crippen LogP contribution >= 0.6 is 0 Å². The van der Waals surface area contributed by atoms with E-state index in [0.717, 1.165) is 19.3 Å². The van der Waals surface area contributed by atoms with E-state index in [2.05, 4.69) is 5.32 Å². The van der Waals surface area contributed by atoms with Gasteiger partial charge in [0.25, 0.3) is 5.91 Å². The molecule has 2 aliphatic heterocycles. The van der Waals surface area contributed by atoms with E-state index in [4.69, 9.17) is 0 Å². The minimum absolute atomic E-state index is 0.0339. The molecule has 0 unspecified atom stereocenters.